The van der Waals surface area contributed by atoms with E-state index in [-0.39, 0.29) is 6.03 Å². The molecule has 230 valence electrons. The van der Waals surface area contributed by atoms with Crippen LogP contribution in [0.2, 0.25) is 0 Å². The van der Waals surface area contributed by atoms with Crippen LogP contribution in [0.3, 0.4) is 0 Å². The zero-order chi connectivity index (χ0) is 31.0. The van der Waals surface area contributed by atoms with Crippen LogP contribution in [0.15, 0.2) is 53.7 Å². The van der Waals surface area contributed by atoms with E-state index >= 15 is 0 Å². The van der Waals surface area contributed by atoms with Gasteiger partial charge in [0, 0.05) is 47.7 Å². The molecular formula is C31H42N8O4. The number of benzene rings is 2. The molecule has 12 heteroatoms. The summed E-state index contributed by atoms with van der Waals surface area (Å²) in [5.74, 6) is 3.15. The Labute approximate surface area is 253 Å². The minimum atomic E-state index is -0.438. The van der Waals surface area contributed by atoms with Gasteiger partial charge in [0.25, 0.3) is 0 Å². The fraction of sp³-hybridized carbons (Fsp3) is 0.419. The number of likely N-dealkylation sites (N-methyl/N-ethyl adjacent to an activating group) is 1. The highest BCUT2D eigenvalue weighted by Gasteiger charge is 2.26. The van der Waals surface area contributed by atoms with Gasteiger partial charge in [0.2, 0.25) is 11.9 Å². The zero-order valence-corrected chi connectivity index (χ0v) is 26.0. The van der Waals surface area contributed by atoms with Crippen molar-refractivity contribution in [3.8, 4) is 17.2 Å². The van der Waals surface area contributed by atoms with E-state index in [9.17, 15) is 4.79 Å². The van der Waals surface area contributed by atoms with Crippen molar-refractivity contribution in [1.82, 2.24) is 25.5 Å². The monoisotopic (exact) mass is 590 g/mol. The quantitative estimate of drug-likeness (QED) is 0.281. The van der Waals surface area contributed by atoms with Crippen molar-refractivity contribution in [2.24, 2.45) is 4.99 Å². The molecule has 2 aromatic carbocycles. The average Bonchev–Trinajstić information content (AvgIpc) is 2.98. The lowest BCUT2D eigenvalue weighted by Crippen LogP contribution is -2.53. The average molecular weight is 591 g/mol. The third-order valence-electron chi connectivity index (χ3n) is 6.68. The molecule has 1 aliphatic heterocycles. The Morgan fingerprint density at radius 3 is 2.28 bits per heavy atom. The summed E-state index contributed by atoms with van der Waals surface area (Å²) in [6, 6.07) is 12.8. The van der Waals surface area contributed by atoms with E-state index in [1.54, 1.807) is 26.5 Å². The van der Waals surface area contributed by atoms with Gasteiger partial charge < -0.3 is 34.6 Å². The third-order valence-corrected chi connectivity index (χ3v) is 6.68. The molecule has 0 radical (unpaired) electrons. The second-order valence-corrected chi connectivity index (χ2v) is 11.0. The molecule has 0 unspecified atom stereocenters. The summed E-state index contributed by atoms with van der Waals surface area (Å²) < 4.78 is 16.8. The van der Waals surface area contributed by atoms with Crippen LogP contribution in [0.25, 0.3) is 0 Å². The van der Waals surface area contributed by atoms with Gasteiger partial charge in [-0.05, 0) is 58.1 Å². The summed E-state index contributed by atoms with van der Waals surface area (Å²) in [7, 11) is 3.18. The predicted octanol–water partition coefficient (Wildman–Crippen LogP) is 5.06. The number of carbonyl (C=O) groups excluding carboxylic acids is 1. The maximum atomic E-state index is 12.9. The smallest absolute Gasteiger partial charge is 0.321 e. The highest BCUT2D eigenvalue weighted by molar-refractivity contribution is 6.07. The SMILES string of the molecule is CCN(CC)CCOc1ccc(Nc2ncc3c(n2)N=C(NC(=O)NC(C)(C)C)N(c2cc(OC)cc(OC)c2)C3)cc1. The summed E-state index contributed by atoms with van der Waals surface area (Å²) in [5, 5.41) is 9.04. The fourth-order valence-electron chi connectivity index (χ4n) is 4.40. The van der Waals surface area contributed by atoms with E-state index in [0.29, 0.717) is 42.4 Å². The van der Waals surface area contributed by atoms with Gasteiger partial charge in [-0.2, -0.15) is 9.98 Å². The molecule has 1 aromatic heterocycles. The predicted molar refractivity (Wildman–Crippen MR) is 169 cm³/mol. The summed E-state index contributed by atoms with van der Waals surface area (Å²) in [5.41, 5.74) is 1.88. The van der Waals surface area contributed by atoms with E-state index in [4.69, 9.17) is 19.2 Å². The van der Waals surface area contributed by atoms with Crippen molar-refractivity contribution < 1.29 is 19.0 Å². The van der Waals surface area contributed by atoms with E-state index in [0.717, 1.165) is 42.3 Å². The Morgan fingerprint density at radius 1 is 1.00 bits per heavy atom. The maximum absolute atomic E-state index is 12.9. The van der Waals surface area contributed by atoms with Crippen molar-refractivity contribution >= 4 is 35.1 Å². The van der Waals surface area contributed by atoms with E-state index < -0.39 is 5.54 Å². The summed E-state index contributed by atoms with van der Waals surface area (Å²) in [6.45, 7) is 13.9. The van der Waals surface area contributed by atoms with Gasteiger partial charge in [0.05, 0.1) is 26.5 Å². The van der Waals surface area contributed by atoms with Crippen LogP contribution in [-0.2, 0) is 6.54 Å². The van der Waals surface area contributed by atoms with E-state index in [1.165, 1.54) is 0 Å². The number of aliphatic imine (C=N–C) groups is 1. The lowest BCUT2D eigenvalue weighted by atomic mass is 10.1. The number of guanidine groups is 1. The van der Waals surface area contributed by atoms with Crippen molar-refractivity contribution in [3.05, 3.63) is 54.2 Å². The van der Waals surface area contributed by atoms with Crippen LogP contribution >= 0.6 is 0 Å². The molecule has 0 atom stereocenters. The van der Waals surface area contributed by atoms with Crippen molar-refractivity contribution in [2.45, 2.75) is 46.7 Å². The molecule has 0 saturated heterocycles. The number of methoxy groups -OCH3 is 2. The number of carbonyl (C=O) groups is 1. The molecule has 0 saturated carbocycles. The van der Waals surface area contributed by atoms with Crippen LogP contribution in [0, 0.1) is 0 Å². The molecule has 2 heterocycles. The van der Waals surface area contributed by atoms with Gasteiger partial charge in [-0.15, -0.1) is 0 Å². The first-order valence-corrected chi connectivity index (χ1v) is 14.4. The molecule has 43 heavy (non-hydrogen) atoms. The first-order valence-electron chi connectivity index (χ1n) is 14.4. The minimum Gasteiger partial charge on any atom is -0.497 e. The summed E-state index contributed by atoms with van der Waals surface area (Å²) in [6.07, 6.45) is 1.73. The molecule has 12 nitrogen and oxygen atoms in total. The summed E-state index contributed by atoms with van der Waals surface area (Å²) in [4.78, 5) is 31.0. The van der Waals surface area contributed by atoms with Crippen LogP contribution in [0.4, 0.5) is 27.9 Å². The molecule has 0 bridgehead atoms. The number of anilines is 3. The number of rotatable bonds is 11. The standard InChI is InChI=1S/C31H42N8O4/c1-8-38(9-2)14-15-43-24-12-10-22(11-13-24)33-28-32-19-21-20-39(23-16-25(41-6)18-26(17-23)42-7)29(35-27(21)34-28)36-30(40)37-31(3,4)5/h10-13,16-19H,8-9,14-15,20H2,1-7H3,(H3,32,33,34,35,36,37,40). The van der Waals surface area contributed by atoms with E-state index in [2.05, 4.69) is 44.7 Å². The molecule has 1 aliphatic rings. The van der Waals surface area contributed by atoms with E-state index in [1.807, 2.05) is 62.1 Å². The lowest BCUT2D eigenvalue weighted by molar-refractivity contribution is 0.223. The van der Waals surface area contributed by atoms with Gasteiger partial charge in [0.1, 0.15) is 23.9 Å². The second-order valence-electron chi connectivity index (χ2n) is 11.0. The van der Waals surface area contributed by atoms with Gasteiger partial charge in [-0.25, -0.2) is 9.78 Å². The van der Waals surface area contributed by atoms with Gasteiger partial charge in [0.15, 0.2) is 5.82 Å². The van der Waals surface area contributed by atoms with Gasteiger partial charge in [-0.3, -0.25) is 5.32 Å². The van der Waals surface area contributed by atoms with Crippen LogP contribution < -0.4 is 35.1 Å². The number of hydrogen-bond donors (Lipinski definition) is 3. The van der Waals surface area contributed by atoms with Crippen molar-refractivity contribution in [3.63, 3.8) is 0 Å². The van der Waals surface area contributed by atoms with Crippen molar-refractivity contribution in [2.75, 3.05) is 50.7 Å². The number of urea groups is 1. The molecule has 0 aliphatic carbocycles. The Balaban J connectivity index is 1.55. The first-order chi connectivity index (χ1) is 20.6. The van der Waals surface area contributed by atoms with Crippen LogP contribution in [-0.4, -0.2) is 72.9 Å². The molecule has 0 spiro atoms. The molecular weight excluding hydrogens is 548 g/mol. The van der Waals surface area contributed by atoms with Gasteiger partial charge >= 0.3 is 6.03 Å². The highest BCUT2D eigenvalue weighted by atomic mass is 16.5. The highest BCUT2D eigenvalue weighted by Crippen LogP contribution is 2.33. The molecule has 4 rings (SSSR count). The Kier molecular flexibility index (Phi) is 10.3. The minimum absolute atomic E-state index is 0.306. The first kappa shape index (κ1) is 31.4. The largest absolute Gasteiger partial charge is 0.497 e. The Hall–Kier alpha value is -4.58. The topological polar surface area (TPSA) is 125 Å². The number of nitrogens with zero attached hydrogens (tertiary/aromatic N) is 5. The van der Waals surface area contributed by atoms with Crippen molar-refractivity contribution in [1.29, 1.82) is 0 Å². The Morgan fingerprint density at radius 2 is 1.67 bits per heavy atom. The molecule has 0 fully saturated rings. The second kappa shape index (κ2) is 14.1. The number of aromatic nitrogens is 2. The number of nitrogens with one attached hydrogen (secondary N) is 3. The Bertz CT molecular complexity index is 1400. The zero-order valence-electron chi connectivity index (χ0n) is 26.0. The number of amides is 2. The number of fused-ring (bicyclic) bond motifs is 1. The number of ether oxygens (including phenoxy) is 3. The van der Waals surface area contributed by atoms with Crippen LogP contribution in [0.1, 0.15) is 40.2 Å². The fourth-order valence-corrected chi connectivity index (χ4v) is 4.40. The molecule has 3 N–H and O–H groups in total. The van der Waals surface area contributed by atoms with Crippen LogP contribution in [0.5, 0.6) is 17.2 Å². The van der Waals surface area contributed by atoms with Gasteiger partial charge in [-0.1, -0.05) is 13.8 Å². The third kappa shape index (κ3) is 8.71. The lowest BCUT2D eigenvalue weighted by Gasteiger charge is -2.31. The summed E-state index contributed by atoms with van der Waals surface area (Å²) >= 11 is 0. The number of hydrogen-bond acceptors (Lipinski definition) is 10. The normalized spacial score (nSPS) is 12.7. The molecule has 2 amide bonds. The molecule has 3 aromatic rings. The maximum Gasteiger partial charge on any atom is 0.321 e.